The van der Waals surface area contributed by atoms with Gasteiger partial charge in [0.2, 0.25) is 0 Å². The van der Waals surface area contributed by atoms with Gasteiger partial charge in [0.15, 0.2) is 0 Å². The third-order valence-electron chi connectivity index (χ3n) is 6.44. The van der Waals surface area contributed by atoms with E-state index in [4.69, 9.17) is 4.74 Å². The summed E-state index contributed by atoms with van der Waals surface area (Å²) in [5.41, 5.74) is 2.89. The molecule has 136 valence electrons. The van der Waals surface area contributed by atoms with Gasteiger partial charge in [-0.2, -0.15) is 0 Å². The molecule has 1 N–H and O–H groups in total. The monoisotopic (exact) mass is 351 g/mol. The number of fused-ring (bicyclic) bond motifs is 3. The molecule has 5 rings (SSSR count). The Labute approximate surface area is 154 Å². The fourth-order valence-corrected chi connectivity index (χ4v) is 4.91. The van der Waals surface area contributed by atoms with E-state index in [-0.39, 0.29) is 0 Å². The first kappa shape index (κ1) is 16.1. The second kappa shape index (κ2) is 6.23. The zero-order chi connectivity index (χ0) is 17.6. The van der Waals surface area contributed by atoms with Crippen LogP contribution in [0.4, 0.5) is 5.82 Å². The van der Waals surface area contributed by atoms with E-state index < -0.39 is 5.60 Å². The van der Waals surface area contributed by atoms with Crippen molar-refractivity contribution in [3.8, 4) is 5.75 Å². The molecule has 1 saturated carbocycles. The lowest BCUT2D eigenvalue weighted by Crippen LogP contribution is -2.53. The summed E-state index contributed by atoms with van der Waals surface area (Å²) >= 11 is 0. The normalized spacial score (nSPS) is 27.6. The number of aliphatic hydroxyl groups is 1. The molecule has 3 heterocycles. The van der Waals surface area contributed by atoms with Gasteiger partial charge >= 0.3 is 0 Å². The number of para-hydroxylation sites is 1. The molecule has 26 heavy (non-hydrogen) atoms. The molecule has 2 fully saturated rings. The summed E-state index contributed by atoms with van der Waals surface area (Å²) in [5.74, 6) is 2.32. The van der Waals surface area contributed by atoms with Crippen molar-refractivity contribution in [3.05, 3.63) is 47.4 Å². The lowest BCUT2D eigenvalue weighted by molar-refractivity contribution is -0.0613. The van der Waals surface area contributed by atoms with Gasteiger partial charge in [0.25, 0.3) is 0 Å². The van der Waals surface area contributed by atoms with Gasteiger partial charge in [0.1, 0.15) is 24.5 Å². The second-order valence-electron chi connectivity index (χ2n) is 7.94. The van der Waals surface area contributed by atoms with Crippen molar-refractivity contribution in [1.29, 1.82) is 0 Å². The minimum atomic E-state index is -0.464. The third-order valence-corrected chi connectivity index (χ3v) is 6.44. The Morgan fingerprint density at radius 2 is 2.08 bits per heavy atom. The summed E-state index contributed by atoms with van der Waals surface area (Å²) in [7, 11) is 0. The fraction of sp³-hybridized carbons (Fsp3) is 0.524. The van der Waals surface area contributed by atoms with E-state index in [1.807, 2.05) is 12.1 Å². The van der Waals surface area contributed by atoms with E-state index >= 15 is 0 Å². The van der Waals surface area contributed by atoms with Crippen LogP contribution in [0.2, 0.25) is 0 Å². The number of anilines is 1. The molecule has 0 bridgehead atoms. The molecule has 1 saturated heterocycles. The van der Waals surface area contributed by atoms with Gasteiger partial charge in [-0.25, -0.2) is 9.97 Å². The molecule has 1 aromatic heterocycles. The largest absolute Gasteiger partial charge is 0.487 e. The van der Waals surface area contributed by atoms with Gasteiger partial charge in [0.05, 0.1) is 11.3 Å². The average Bonchev–Trinajstić information content (AvgIpc) is 2.86. The van der Waals surface area contributed by atoms with Crippen LogP contribution in [0.15, 0.2) is 30.6 Å². The molecule has 0 amide bonds. The quantitative estimate of drug-likeness (QED) is 0.856. The number of benzene rings is 1. The van der Waals surface area contributed by atoms with Crippen LogP contribution in [-0.2, 0) is 13.0 Å². The molecule has 0 radical (unpaired) electrons. The van der Waals surface area contributed by atoms with E-state index in [1.165, 1.54) is 17.5 Å². The van der Waals surface area contributed by atoms with Crippen LogP contribution in [0.5, 0.6) is 5.75 Å². The Morgan fingerprint density at radius 3 is 3.04 bits per heavy atom. The summed E-state index contributed by atoms with van der Waals surface area (Å²) in [4.78, 5) is 11.5. The van der Waals surface area contributed by atoms with Gasteiger partial charge in [-0.15, -0.1) is 0 Å². The molecule has 0 unspecified atom stereocenters. The highest BCUT2D eigenvalue weighted by molar-refractivity contribution is 5.54. The number of hydrogen-bond donors (Lipinski definition) is 1. The molecule has 5 heteroatoms. The lowest BCUT2D eigenvalue weighted by atomic mass is 9.71. The highest BCUT2D eigenvalue weighted by Crippen LogP contribution is 2.41. The summed E-state index contributed by atoms with van der Waals surface area (Å²) in [5, 5.41) is 11.0. The highest BCUT2D eigenvalue weighted by Gasteiger charge is 2.43. The molecule has 3 aliphatic rings. The van der Waals surface area contributed by atoms with Gasteiger partial charge in [-0.05, 0) is 30.9 Å². The molecule has 2 aromatic rings. The smallest absolute Gasteiger partial charge is 0.135 e. The minimum absolute atomic E-state index is 0.352. The zero-order valence-electron chi connectivity index (χ0n) is 15.0. The van der Waals surface area contributed by atoms with E-state index in [0.29, 0.717) is 12.5 Å². The maximum absolute atomic E-state index is 11.0. The summed E-state index contributed by atoms with van der Waals surface area (Å²) < 4.78 is 5.97. The van der Waals surface area contributed by atoms with Crippen molar-refractivity contribution in [2.24, 2.45) is 5.92 Å². The molecule has 0 spiro atoms. The third kappa shape index (κ3) is 2.65. The van der Waals surface area contributed by atoms with Crippen LogP contribution < -0.4 is 9.64 Å². The van der Waals surface area contributed by atoms with Crippen molar-refractivity contribution in [2.75, 3.05) is 18.0 Å². The maximum atomic E-state index is 11.0. The van der Waals surface area contributed by atoms with Crippen molar-refractivity contribution < 1.29 is 9.84 Å². The number of nitrogens with zero attached hydrogens (tertiary/aromatic N) is 3. The van der Waals surface area contributed by atoms with Gasteiger partial charge < -0.3 is 14.7 Å². The minimum Gasteiger partial charge on any atom is -0.487 e. The molecule has 1 aliphatic carbocycles. The molecule has 1 aromatic carbocycles. The van der Waals surface area contributed by atoms with Crippen molar-refractivity contribution in [2.45, 2.75) is 50.7 Å². The number of piperidine rings is 1. The Hall–Kier alpha value is -2.14. The number of ether oxygens (including phenoxy) is 1. The first-order valence-electron chi connectivity index (χ1n) is 9.74. The highest BCUT2D eigenvalue weighted by atomic mass is 16.5. The number of hydrogen-bond acceptors (Lipinski definition) is 5. The van der Waals surface area contributed by atoms with Crippen LogP contribution in [0.3, 0.4) is 0 Å². The fourth-order valence-electron chi connectivity index (χ4n) is 4.91. The van der Waals surface area contributed by atoms with Crippen molar-refractivity contribution in [1.82, 2.24) is 9.97 Å². The Balaban J connectivity index is 1.48. The first-order valence-corrected chi connectivity index (χ1v) is 9.74. The van der Waals surface area contributed by atoms with E-state index in [0.717, 1.165) is 62.5 Å². The maximum Gasteiger partial charge on any atom is 0.135 e. The number of rotatable bonds is 1. The van der Waals surface area contributed by atoms with E-state index in [1.54, 1.807) is 6.33 Å². The summed E-state index contributed by atoms with van der Waals surface area (Å²) in [6, 6.07) is 8.21. The van der Waals surface area contributed by atoms with Gasteiger partial charge in [-0.3, -0.25) is 0 Å². The van der Waals surface area contributed by atoms with E-state index in [2.05, 4.69) is 27.0 Å². The Bertz CT molecular complexity index is 825. The second-order valence-corrected chi connectivity index (χ2v) is 7.94. The standard InChI is InChI=1S/C21H25N3O2/c25-21-8-4-3-6-16(21)12-24(10-9-21)20-17-11-15-5-1-2-7-19(15)26-13-18(17)22-14-23-20/h1-2,5,7,14,16,25H,3-4,6,8-13H2/t16-,21-/m0/s1. The molecular formula is C21H25N3O2. The van der Waals surface area contributed by atoms with Crippen LogP contribution >= 0.6 is 0 Å². The molecular weight excluding hydrogens is 326 g/mol. The van der Waals surface area contributed by atoms with Crippen LogP contribution in [0.1, 0.15) is 48.9 Å². The van der Waals surface area contributed by atoms with Crippen molar-refractivity contribution >= 4 is 5.82 Å². The van der Waals surface area contributed by atoms with Crippen molar-refractivity contribution in [3.63, 3.8) is 0 Å². The predicted octanol–water partition coefficient (Wildman–Crippen LogP) is 3.09. The summed E-state index contributed by atoms with van der Waals surface area (Å²) in [6.07, 6.45) is 7.75. The first-order chi connectivity index (χ1) is 12.7. The lowest BCUT2D eigenvalue weighted by Gasteiger charge is -2.48. The average molecular weight is 351 g/mol. The van der Waals surface area contributed by atoms with Crippen LogP contribution in [-0.4, -0.2) is 33.8 Å². The Morgan fingerprint density at radius 1 is 1.15 bits per heavy atom. The zero-order valence-corrected chi connectivity index (χ0v) is 15.0. The SMILES string of the molecule is O[C@]12CCCC[C@H]1CN(c1ncnc3c1Cc1ccccc1OC3)CC2. The van der Waals surface area contributed by atoms with Gasteiger partial charge in [-0.1, -0.05) is 31.0 Å². The number of aromatic nitrogens is 2. The van der Waals surface area contributed by atoms with Crippen LogP contribution in [0.25, 0.3) is 0 Å². The van der Waals surface area contributed by atoms with Crippen LogP contribution in [0, 0.1) is 5.92 Å². The van der Waals surface area contributed by atoms with E-state index in [9.17, 15) is 5.11 Å². The Kier molecular flexibility index (Phi) is 3.85. The van der Waals surface area contributed by atoms with Gasteiger partial charge in [0, 0.05) is 31.0 Å². The summed E-state index contributed by atoms with van der Waals surface area (Å²) in [6.45, 7) is 2.24. The topological polar surface area (TPSA) is 58.5 Å². The molecule has 2 aliphatic heterocycles. The predicted molar refractivity (Wildman–Crippen MR) is 99.3 cm³/mol. The molecule has 5 nitrogen and oxygen atoms in total. The molecule has 2 atom stereocenters.